The average Bonchev–Trinajstić information content (AvgIpc) is 2.65. The number of methoxy groups -OCH3 is 1. The monoisotopic (exact) mass is 476 g/mol. The van der Waals surface area contributed by atoms with Gasteiger partial charge in [-0.05, 0) is 63.5 Å². The van der Waals surface area contributed by atoms with Gasteiger partial charge >= 0.3 is 0 Å². The molecule has 1 rings (SSSR count). The number of guanidine groups is 1. The van der Waals surface area contributed by atoms with Gasteiger partial charge in [0, 0.05) is 19.6 Å². The predicted octanol–water partition coefficient (Wildman–Crippen LogP) is 3.53. The first kappa shape index (κ1) is 25.0. The van der Waals surface area contributed by atoms with Crippen LogP contribution in [-0.4, -0.2) is 57.2 Å². The molecule has 0 bridgehead atoms. The summed E-state index contributed by atoms with van der Waals surface area (Å²) in [5, 5.41) is 6.73. The summed E-state index contributed by atoms with van der Waals surface area (Å²) >= 11 is 0. The van der Waals surface area contributed by atoms with Crippen LogP contribution in [0.15, 0.2) is 29.3 Å². The standard InChI is InChI=1S/C20H36N4O.HI/c1-5-21-20(22-15-8-9-17-24(6-2)7-3)23-16-14-18-10-12-19(25-4)13-11-18;/h10-13H,5-9,14-17H2,1-4H3,(H2,21,22,23);1H. The predicted molar refractivity (Wildman–Crippen MR) is 123 cm³/mol. The fourth-order valence-electron chi connectivity index (χ4n) is 2.64. The van der Waals surface area contributed by atoms with Crippen molar-refractivity contribution in [3.05, 3.63) is 29.8 Å². The van der Waals surface area contributed by atoms with Gasteiger partial charge in [-0.2, -0.15) is 0 Å². The quantitative estimate of drug-likeness (QED) is 0.210. The molecule has 0 fully saturated rings. The van der Waals surface area contributed by atoms with Crippen LogP contribution < -0.4 is 15.4 Å². The van der Waals surface area contributed by atoms with Crippen molar-refractivity contribution in [1.29, 1.82) is 0 Å². The molecule has 0 spiro atoms. The van der Waals surface area contributed by atoms with Crippen molar-refractivity contribution in [1.82, 2.24) is 15.5 Å². The Balaban J connectivity index is 0.00000625. The van der Waals surface area contributed by atoms with Crippen LogP contribution in [-0.2, 0) is 6.42 Å². The number of benzene rings is 1. The first-order valence-corrected chi connectivity index (χ1v) is 9.60. The summed E-state index contributed by atoms with van der Waals surface area (Å²) in [6, 6.07) is 8.23. The Morgan fingerprint density at radius 2 is 1.73 bits per heavy atom. The molecule has 0 saturated heterocycles. The number of rotatable bonds is 12. The van der Waals surface area contributed by atoms with Gasteiger partial charge in [0.1, 0.15) is 5.75 Å². The topological polar surface area (TPSA) is 48.9 Å². The minimum Gasteiger partial charge on any atom is -0.497 e. The Kier molecular flexibility index (Phi) is 15.5. The fraction of sp³-hybridized carbons (Fsp3) is 0.650. The molecule has 0 radical (unpaired) electrons. The molecule has 1 aromatic carbocycles. The van der Waals surface area contributed by atoms with Crippen LogP contribution in [0.5, 0.6) is 5.75 Å². The Morgan fingerprint density at radius 3 is 2.31 bits per heavy atom. The van der Waals surface area contributed by atoms with E-state index >= 15 is 0 Å². The third-order valence-corrected chi connectivity index (χ3v) is 4.26. The van der Waals surface area contributed by atoms with Gasteiger partial charge in [0.25, 0.3) is 0 Å². The zero-order chi connectivity index (χ0) is 18.3. The number of aliphatic imine (C=N–C) groups is 1. The highest BCUT2D eigenvalue weighted by atomic mass is 127. The lowest BCUT2D eigenvalue weighted by atomic mass is 10.1. The molecule has 0 atom stereocenters. The summed E-state index contributed by atoms with van der Waals surface area (Å²) in [5.41, 5.74) is 1.29. The van der Waals surface area contributed by atoms with Gasteiger partial charge in [-0.1, -0.05) is 26.0 Å². The van der Waals surface area contributed by atoms with Crippen molar-refractivity contribution in [2.75, 3.05) is 46.4 Å². The Morgan fingerprint density at radius 1 is 1.04 bits per heavy atom. The van der Waals surface area contributed by atoms with E-state index in [1.54, 1.807) is 7.11 Å². The van der Waals surface area contributed by atoms with Gasteiger partial charge in [0.05, 0.1) is 7.11 Å². The number of hydrogen-bond donors (Lipinski definition) is 2. The van der Waals surface area contributed by atoms with Gasteiger partial charge in [0.2, 0.25) is 0 Å². The molecule has 0 aliphatic rings. The second-order valence-electron chi connectivity index (χ2n) is 6.02. The van der Waals surface area contributed by atoms with Crippen molar-refractivity contribution >= 4 is 29.9 Å². The molecule has 0 saturated carbocycles. The maximum Gasteiger partial charge on any atom is 0.191 e. The number of hydrogen-bond acceptors (Lipinski definition) is 3. The fourth-order valence-corrected chi connectivity index (χ4v) is 2.64. The molecule has 6 heteroatoms. The van der Waals surface area contributed by atoms with Crippen molar-refractivity contribution in [3.63, 3.8) is 0 Å². The zero-order valence-corrected chi connectivity index (χ0v) is 19.2. The summed E-state index contributed by atoms with van der Waals surface area (Å²) in [7, 11) is 1.69. The third kappa shape index (κ3) is 10.9. The van der Waals surface area contributed by atoms with E-state index in [-0.39, 0.29) is 24.0 Å². The van der Waals surface area contributed by atoms with E-state index in [9.17, 15) is 0 Å². The van der Waals surface area contributed by atoms with Crippen LogP contribution in [0, 0.1) is 0 Å². The molecule has 26 heavy (non-hydrogen) atoms. The normalized spacial score (nSPS) is 11.2. The summed E-state index contributed by atoms with van der Waals surface area (Å²) in [6.45, 7) is 12.6. The Hall–Kier alpha value is -1.02. The number of nitrogens with one attached hydrogen (secondary N) is 2. The van der Waals surface area contributed by atoms with Gasteiger partial charge in [-0.3, -0.25) is 4.99 Å². The molecule has 0 unspecified atom stereocenters. The largest absolute Gasteiger partial charge is 0.497 e. The van der Waals surface area contributed by atoms with Crippen LogP contribution in [0.1, 0.15) is 39.2 Å². The maximum atomic E-state index is 5.19. The van der Waals surface area contributed by atoms with E-state index in [1.165, 1.54) is 18.5 Å². The molecule has 5 nitrogen and oxygen atoms in total. The second kappa shape index (κ2) is 16.2. The molecule has 1 aromatic rings. The van der Waals surface area contributed by atoms with E-state index in [4.69, 9.17) is 4.74 Å². The van der Waals surface area contributed by atoms with Crippen molar-refractivity contribution in [3.8, 4) is 5.75 Å². The minimum absolute atomic E-state index is 0. The highest BCUT2D eigenvalue weighted by molar-refractivity contribution is 14.0. The number of nitrogens with zero attached hydrogens (tertiary/aromatic N) is 2. The molecule has 0 amide bonds. The molecule has 0 aromatic heterocycles. The van der Waals surface area contributed by atoms with E-state index < -0.39 is 0 Å². The van der Waals surface area contributed by atoms with E-state index in [0.717, 1.165) is 57.3 Å². The Labute approximate surface area is 177 Å². The van der Waals surface area contributed by atoms with E-state index in [1.807, 2.05) is 12.1 Å². The smallest absolute Gasteiger partial charge is 0.191 e. The summed E-state index contributed by atoms with van der Waals surface area (Å²) in [4.78, 5) is 7.14. The second-order valence-corrected chi connectivity index (χ2v) is 6.02. The SMILES string of the molecule is CCNC(=NCCCCN(CC)CC)NCCc1ccc(OC)cc1.I. The van der Waals surface area contributed by atoms with E-state index in [2.05, 4.69) is 53.4 Å². The molecule has 0 heterocycles. The number of halogens is 1. The molecular formula is C20H37IN4O. The lowest BCUT2D eigenvalue weighted by Crippen LogP contribution is -2.38. The highest BCUT2D eigenvalue weighted by Gasteiger charge is 2.00. The number of unbranched alkanes of at least 4 members (excludes halogenated alkanes) is 1. The van der Waals surface area contributed by atoms with Crippen molar-refractivity contribution in [2.45, 2.75) is 40.0 Å². The van der Waals surface area contributed by atoms with Gasteiger partial charge in [-0.15, -0.1) is 24.0 Å². The van der Waals surface area contributed by atoms with Gasteiger partial charge in [0.15, 0.2) is 5.96 Å². The lowest BCUT2D eigenvalue weighted by molar-refractivity contribution is 0.297. The zero-order valence-electron chi connectivity index (χ0n) is 16.9. The minimum atomic E-state index is 0. The molecule has 0 aliphatic carbocycles. The van der Waals surface area contributed by atoms with Crippen LogP contribution in [0.3, 0.4) is 0 Å². The van der Waals surface area contributed by atoms with Crippen molar-refractivity contribution < 1.29 is 4.74 Å². The molecular weight excluding hydrogens is 439 g/mol. The Bertz CT molecular complexity index is 475. The van der Waals surface area contributed by atoms with E-state index in [0.29, 0.717) is 0 Å². The van der Waals surface area contributed by atoms with Crippen molar-refractivity contribution in [2.24, 2.45) is 4.99 Å². The lowest BCUT2D eigenvalue weighted by Gasteiger charge is -2.17. The maximum absolute atomic E-state index is 5.19. The summed E-state index contributed by atoms with van der Waals surface area (Å²) in [6.07, 6.45) is 3.30. The van der Waals surface area contributed by atoms with Gasteiger partial charge in [-0.25, -0.2) is 0 Å². The first-order chi connectivity index (χ1) is 12.2. The first-order valence-electron chi connectivity index (χ1n) is 9.60. The third-order valence-electron chi connectivity index (χ3n) is 4.26. The van der Waals surface area contributed by atoms with Crippen LogP contribution in [0.4, 0.5) is 0 Å². The molecule has 2 N–H and O–H groups in total. The summed E-state index contributed by atoms with van der Waals surface area (Å²) in [5.74, 6) is 1.81. The highest BCUT2D eigenvalue weighted by Crippen LogP contribution is 2.11. The molecule has 150 valence electrons. The average molecular weight is 476 g/mol. The van der Waals surface area contributed by atoms with Crippen LogP contribution in [0.2, 0.25) is 0 Å². The van der Waals surface area contributed by atoms with Gasteiger partial charge < -0.3 is 20.3 Å². The number of ether oxygens (including phenoxy) is 1. The van der Waals surface area contributed by atoms with Crippen LogP contribution in [0.25, 0.3) is 0 Å². The summed E-state index contributed by atoms with van der Waals surface area (Å²) < 4.78 is 5.19. The van der Waals surface area contributed by atoms with Crippen LogP contribution >= 0.6 is 24.0 Å². The molecule has 0 aliphatic heterocycles.